The Hall–Kier alpha value is -2.40. The van der Waals surface area contributed by atoms with Crippen LogP contribution in [0.3, 0.4) is 0 Å². The van der Waals surface area contributed by atoms with Gasteiger partial charge in [-0.15, -0.1) is 0 Å². The van der Waals surface area contributed by atoms with Gasteiger partial charge in [0, 0.05) is 24.6 Å². The zero-order chi connectivity index (χ0) is 16.8. The van der Waals surface area contributed by atoms with E-state index in [0.29, 0.717) is 12.2 Å². The van der Waals surface area contributed by atoms with E-state index in [9.17, 15) is 4.79 Å². The highest BCUT2D eigenvalue weighted by molar-refractivity contribution is 5.94. The molecule has 0 bridgehead atoms. The van der Waals surface area contributed by atoms with Crippen LogP contribution in [0.1, 0.15) is 41.7 Å². The Morgan fingerprint density at radius 2 is 2.04 bits per heavy atom. The van der Waals surface area contributed by atoms with Gasteiger partial charge in [0.25, 0.3) is 5.91 Å². The van der Waals surface area contributed by atoms with Crippen molar-refractivity contribution >= 4 is 5.91 Å². The van der Waals surface area contributed by atoms with E-state index < -0.39 is 0 Å². The molecule has 24 heavy (non-hydrogen) atoms. The smallest absolute Gasteiger partial charge is 0.251 e. The topological polar surface area (TPSA) is 60.5 Å². The van der Waals surface area contributed by atoms with Crippen LogP contribution in [0.5, 0.6) is 5.75 Å². The van der Waals surface area contributed by atoms with E-state index in [0.717, 1.165) is 30.8 Å². The lowest BCUT2D eigenvalue weighted by atomic mass is 10.1. The molecule has 2 heterocycles. The second-order valence-electron chi connectivity index (χ2n) is 5.95. The van der Waals surface area contributed by atoms with E-state index in [-0.39, 0.29) is 18.1 Å². The van der Waals surface area contributed by atoms with Gasteiger partial charge in [-0.25, -0.2) is 0 Å². The first-order chi connectivity index (χ1) is 11.7. The summed E-state index contributed by atoms with van der Waals surface area (Å²) in [6.07, 6.45) is 5.78. The number of pyridine rings is 1. The van der Waals surface area contributed by atoms with Crippen molar-refractivity contribution in [3.8, 4) is 5.75 Å². The third kappa shape index (κ3) is 4.32. The summed E-state index contributed by atoms with van der Waals surface area (Å²) < 4.78 is 11.2. The highest BCUT2D eigenvalue weighted by Crippen LogP contribution is 2.17. The van der Waals surface area contributed by atoms with Crippen LogP contribution in [0, 0.1) is 0 Å². The van der Waals surface area contributed by atoms with E-state index in [1.54, 1.807) is 24.5 Å². The van der Waals surface area contributed by atoms with E-state index in [2.05, 4.69) is 10.3 Å². The second kappa shape index (κ2) is 7.93. The molecule has 1 aliphatic rings. The fourth-order valence-corrected chi connectivity index (χ4v) is 2.68. The number of hydrogen-bond acceptors (Lipinski definition) is 4. The normalized spacial score (nSPS) is 18.1. The number of benzene rings is 1. The molecular formula is C19H22N2O3. The van der Waals surface area contributed by atoms with E-state index in [4.69, 9.17) is 9.47 Å². The van der Waals surface area contributed by atoms with Gasteiger partial charge < -0.3 is 14.8 Å². The Morgan fingerprint density at radius 1 is 1.29 bits per heavy atom. The maximum Gasteiger partial charge on any atom is 0.251 e. The molecule has 0 spiro atoms. The molecule has 5 nitrogen and oxygen atoms in total. The molecule has 0 saturated carbocycles. The maximum absolute atomic E-state index is 12.3. The Kier molecular flexibility index (Phi) is 5.43. The number of carbonyl (C=O) groups excluding carboxylic acids is 1. The lowest BCUT2D eigenvalue weighted by molar-refractivity contribution is 0.0679. The molecule has 0 aliphatic carbocycles. The van der Waals surface area contributed by atoms with Gasteiger partial charge in [0.05, 0.1) is 12.1 Å². The van der Waals surface area contributed by atoms with Crippen molar-refractivity contribution in [2.75, 3.05) is 13.2 Å². The van der Waals surface area contributed by atoms with Gasteiger partial charge in [-0.3, -0.25) is 9.78 Å². The van der Waals surface area contributed by atoms with Crippen molar-refractivity contribution in [3.63, 3.8) is 0 Å². The number of hydrogen-bond donors (Lipinski definition) is 1. The second-order valence-corrected chi connectivity index (χ2v) is 5.95. The Morgan fingerprint density at radius 3 is 2.71 bits per heavy atom. The minimum Gasteiger partial charge on any atom is -0.491 e. The minimum atomic E-state index is -0.106. The van der Waals surface area contributed by atoms with Crippen LogP contribution in [0.25, 0.3) is 0 Å². The summed E-state index contributed by atoms with van der Waals surface area (Å²) in [6, 6.07) is 10.9. The summed E-state index contributed by atoms with van der Waals surface area (Å²) in [6.45, 7) is 3.33. The Labute approximate surface area is 142 Å². The van der Waals surface area contributed by atoms with Gasteiger partial charge in [-0.05, 0) is 61.7 Å². The molecule has 0 radical (unpaired) electrons. The molecular weight excluding hydrogens is 304 g/mol. The quantitative estimate of drug-likeness (QED) is 0.886. The molecule has 1 amide bonds. The van der Waals surface area contributed by atoms with Gasteiger partial charge in [0.2, 0.25) is 0 Å². The summed E-state index contributed by atoms with van der Waals surface area (Å²) in [4.78, 5) is 16.3. The van der Waals surface area contributed by atoms with Gasteiger partial charge in [-0.2, -0.15) is 0 Å². The first kappa shape index (κ1) is 16.5. The first-order valence-corrected chi connectivity index (χ1v) is 8.27. The zero-order valence-corrected chi connectivity index (χ0v) is 13.8. The van der Waals surface area contributed by atoms with E-state index in [1.165, 1.54) is 0 Å². The van der Waals surface area contributed by atoms with Crippen LogP contribution in [0.2, 0.25) is 0 Å². The number of ether oxygens (including phenoxy) is 2. The van der Waals surface area contributed by atoms with Crippen molar-refractivity contribution in [2.24, 2.45) is 0 Å². The molecule has 3 rings (SSSR count). The Balaban J connectivity index is 1.53. The first-order valence-electron chi connectivity index (χ1n) is 8.27. The number of nitrogens with one attached hydrogen (secondary N) is 1. The summed E-state index contributed by atoms with van der Waals surface area (Å²) in [5, 5.41) is 2.98. The fraction of sp³-hybridized carbons (Fsp3) is 0.368. The largest absolute Gasteiger partial charge is 0.491 e. The zero-order valence-electron chi connectivity index (χ0n) is 13.8. The van der Waals surface area contributed by atoms with Gasteiger partial charge in [0.1, 0.15) is 12.4 Å². The lowest BCUT2D eigenvalue weighted by Crippen LogP contribution is -2.26. The highest BCUT2D eigenvalue weighted by Gasteiger charge is 2.16. The summed E-state index contributed by atoms with van der Waals surface area (Å²) in [5.74, 6) is 0.647. The lowest BCUT2D eigenvalue weighted by Gasteiger charge is -2.15. The fourth-order valence-electron chi connectivity index (χ4n) is 2.68. The highest BCUT2D eigenvalue weighted by atomic mass is 16.5. The predicted octanol–water partition coefficient (Wildman–Crippen LogP) is 3.13. The molecule has 1 aliphatic heterocycles. The van der Waals surface area contributed by atoms with Gasteiger partial charge >= 0.3 is 0 Å². The van der Waals surface area contributed by atoms with Crippen LogP contribution < -0.4 is 10.1 Å². The summed E-state index contributed by atoms with van der Waals surface area (Å²) in [5.41, 5.74) is 1.63. The number of nitrogens with zero attached hydrogens (tertiary/aromatic N) is 1. The molecule has 0 unspecified atom stereocenters. The predicted molar refractivity (Wildman–Crippen MR) is 91.0 cm³/mol. The van der Waals surface area contributed by atoms with Crippen LogP contribution in [0.4, 0.5) is 0 Å². The third-order valence-electron chi connectivity index (χ3n) is 4.13. The number of amides is 1. The molecule has 1 aromatic heterocycles. The molecule has 126 valence electrons. The molecule has 1 aromatic carbocycles. The summed E-state index contributed by atoms with van der Waals surface area (Å²) >= 11 is 0. The number of carbonyl (C=O) groups is 1. The average Bonchev–Trinajstić information content (AvgIpc) is 3.14. The maximum atomic E-state index is 12.3. The molecule has 1 fully saturated rings. The van der Waals surface area contributed by atoms with E-state index >= 15 is 0 Å². The SMILES string of the molecule is C[C@H](NC(=O)c1ccc(OC[C@H]2CCCO2)cc1)c1ccncc1. The summed E-state index contributed by atoms with van der Waals surface area (Å²) in [7, 11) is 0. The third-order valence-corrected chi connectivity index (χ3v) is 4.13. The molecule has 1 saturated heterocycles. The van der Waals surface area contributed by atoms with Crippen LogP contribution in [0.15, 0.2) is 48.8 Å². The number of rotatable bonds is 6. The molecule has 1 N–H and O–H groups in total. The van der Waals surface area contributed by atoms with Crippen LogP contribution in [-0.2, 0) is 4.74 Å². The van der Waals surface area contributed by atoms with Crippen LogP contribution >= 0.6 is 0 Å². The molecule has 2 atom stereocenters. The van der Waals surface area contributed by atoms with Gasteiger partial charge in [0.15, 0.2) is 0 Å². The Bertz CT molecular complexity index is 652. The minimum absolute atomic E-state index is 0.0732. The van der Waals surface area contributed by atoms with E-state index in [1.807, 2.05) is 31.2 Å². The van der Waals surface area contributed by atoms with Crippen molar-refractivity contribution in [3.05, 3.63) is 59.9 Å². The monoisotopic (exact) mass is 326 g/mol. The van der Waals surface area contributed by atoms with Crippen LogP contribution in [-0.4, -0.2) is 30.2 Å². The van der Waals surface area contributed by atoms with Crippen molar-refractivity contribution < 1.29 is 14.3 Å². The molecule has 2 aromatic rings. The standard InChI is InChI=1S/C19H22N2O3/c1-14(15-8-10-20-11-9-15)21-19(22)16-4-6-17(7-5-16)24-13-18-3-2-12-23-18/h4-11,14,18H,2-3,12-13H2,1H3,(H,21,22)/t14-,18+/m0/s1. The number of aromatic nitrogens is 1. The van der Waals surface area contributed by atoms with Crippen molar-refractivity contribution in [1.82, 2.24) is 10.3 Å². The van der Waals surface area contributed by atoms with Crippen molar-refractivity contribution in [2.45, 2.75) is 31.9 Å². The average molecular weight is 326 g/mol. The molecule has 5 heteroatoms. The van der Waals surface area contributed by atoms with Crippen molar-refractivity contribution in [1.29, 1.82) is 0 Å². The van der Waals surface area contributed by atoms with Gasteiger partial charge in [-0.1, -0.05) is 0 Å².